The van der Waals surface area contributed by atoms with Crippen LogP contribution in [0.2, 0.25) is 0 Å². The van der Waals surface area contributed by atoms with Crippen LogP contribution < -0.4 is 9.46 Å². The van der Waals surface area contributed by atoms with E-state index in [1.807, 2.05) is 0 Å². The predicted molar refractivity (Wildman–Crippen MR) is 69.2 cm³/mol. The van der Waals surface area contributed by atoms with E-state index in [1.165, 1.54) is 0 Å². The van der Waals surface area contributed by atoms with Crippen molar-refractivity contribution in [3.63, 3.8) is 0 Å². The Kier molecular flexibility index (Phi) is 5.60. The molecule has 5 nitrogen and oxygen atoms in total. The van der Waals surface area contributed by atoms with E-state index >= 15 is 0 Å². The molecule has 1 atom stereocenters. The molecule has 1 aromatic carbocycles. The summed E-state index contributed by atoms with van der Waals surface area (Å²) in [6.45, 7) is 3.07. The summed E-state index contributed by atoms with van der Waals surface area (Å²) in [6, 6.07) is 3.13. The van der Waals surface area contributed by atoms with Gasteiger partial charge in [-0.15, -0.1) is 13.2 Å². The van der Waals surface area contributed by atoms with E-state index in [1.54, 1.807) is 13.8 Å². The van der Waals surface area contributed by atoms with Crippen LogP contribution in [0.5, 0.6) is 5.75 Å². The fraction of sp³-hybridized carbons (Fsp3) is 0.500. The van der Waals surface area contributed by atoms with Gasteiger partial charge in [0, 0.05) is 6.04 Å². The molecule has 0 saturated carbocycles. The Balaban J connectivity index is 2.90. The predicted octanol–water partition coefficient (Wildman–Crippen LogP) is 1.88. The first kappa shape index (κ1) is 17.7. The highest BCUT2D eigenvalue weighted by molar-refractivity contribution is 7.89. The van der Waals surface area contributed by atoms with Crippen LogP contribution in [0.25, 0.3) is 0 Å². The van der Waals surface area contributed by atoms with Crippen LogP contribution in [0.4, 0.5) is 13.2 Å². The summed E-state index contributed by atoms with van der Waals surface area (Å²) in [4.78, 5) is -0.212. The molecule has 0 heterocycles. The maximum Gasteiger partial charge on any atom is 0.573 e. The van der Waals surface area contributed by atoms with E-state index in [0.29, 0.717) is 0 Å². The molecule has 0 bridgehead atoms. The smallest absolute Gasteiger partial charge is 0.406 e. The lowest BCUT2D eigenvalue weighted by atomic mass is 10.1. The normalized spacial score (nSPS) is 14.2. The first-order valence-electron chi connectivity index (χ1n) is 6.04. The number of halogens is 3. The molecule has 21 heavy (non-hydrogen) atoms. The van der Waals surface area contributed by atoms with Crippen molar-refractivity contribution < 1.29 is 31.4 Å². The summed E-state index contributed by atoms with van der Waals surface area (Å²) in [5.41, 5.74) is 0. The molecule has 0 aliphatic carbocycles. The van der Waals surface area contributed by atoms with Gasteiger partial charge in [-0.25, -0.2) is 13.1 Å². The van der Waals surface area contributed by atoms with Gasteiger partial charge in [0.05, 0.1) is 11.5 Å². The lowest BCUT2D eigenvalue weighted by Gasteiger charge is -2.19. The Labute approximate surface area is 120 Å². The van der Waals surface area contributed by atoms with Crippen LogP contribution in [0.15, 0.2) is 29.2 Å². The second-order valence-corrected chi connectivity index (χ2v) is 6.39. The van der Waals surface area contributed by atoms with E-state index < -0.39 is 28.2 Å². The standard InChI is InChI=1S/C12H16F3NO4S/c1-8(2)11(7-17)16-21(18,19)10-5-3-9(4-6-10)20-12(13,14)15/h3-6,8,11,16-17H,7H2,1-2H3/t11-/m1/s1. The Morgan fingerprint density at radius 3 is 2.14 bits per heavy atom. The third-order valence-corrected chi connectivity index (χ3v) is 4.18. The van der Waals surface area contributed by atoms with E-state index in [0.717, 1.165) is 24.3 Å². The average molecular weight is 327 g/mol. The van der Waals surface area contributed by atoms with Crippen molar-refractivity contribution in [1.29, 1.82) is 0 Å². The van der Waals surface area contributed by atoms with E-state index in [2.05, 4.69) is 9.46 Å². The molecule has 1 rings (SSSR count). The van der Waals surface area contributed by atoms with Gasteiger partial charge in [0.1, 0.15) is 5.75 Å². The third-order valence-electron chi connectivity index (χ3n) is 2.68. The first-order valence-corrected chi connectivity index (χ1v) is 7.52. The highest BCUT2D eigenvalue weighted by Crippen LogP contribution is 2.24. The number of nitrogens with one attached hydrogen (secondary N) is 1. The fourth-order valence-corrected chi connectivity index (χ4v) is 2.85. The molecule has 9 heteroatoms. The quantitative estimate of drug-likeness (QED) is 0.836. The summed E-state index contributed by atoms with van der Waals surface area (Å²) < 4.78 is 66.0. The molecule has 1 aromatic rings. The second kappa shape index (κ2) is 6.63. The Morgan fingerprint density at radius 1 is 1.24 bits per heavy atom. The van der Waals surface area contributed by atoms with Crippen molar-refractivity contribution in [3.8, 4) is 5.75 Å². The minimum absolute atomic E-state index is 0.141. The van der Waals surface area contributed by atoms with Gasteiger partial charge in [0.2, 0.25) is 10.0 Å². The molecule has 0 aromatic heterocycles. The Hall–Kier alpha value is -1.32. The van der Waals surface area contributed by atoms with Crippen molar-refractivity contribution in [1.82, 2.24) is 4.72 Å². The van der Waals surface area contributed by atoms with Crippen molar-refractivity contribution in [2.24, 2.45) is 5.92 Å². The van der Waals surface area contributed by atoms with Gasteiger partial charge >= 0.3 is 6.36 Å². The lowest BCUT2D eigenvalue weighted by molar-refractivity contribution is -0.274. The zero-order valence-electron chi connectivity index (χ0n) is 11.4. The van der Waals surface area contributed by atoms with Crippen LogP contribution >= 0.6 is 0 Å². The highest BCUT2D eigenvalue weighted by Gasteiger charge is 2.31. The first-order chi connectivity index (χ1) is 9.55. The van der Waals surface area contributed by atoms with Gasteiger partial charge in [0.15, 0.2) is 0 Å². The molecule has 0 spiro atoms. The SMILES string of the molecule is CC(C)[C@@H](CO)NS(=O)(=O)c1ccc(OC(F)(F)F)cc1. The molecule has 0 radical (unpaired) electrons. The van der Waals surface area contributed by atoms with E-state index in [-0.39, 0.29) is 17.4 Å². The summed E-state index contributed by atoms with van der Waals surface area (Å²) in [6.07, 6.45) is -4.84. The highest BCUT2D eigenvalue weighted by atomic mass is 32.2. The zero-order chi connectivity index (χ0) is 16.3. The topological polar surface area (TPSA) is 75.6 Å². The minimum Gasteiger partial charge on any atom is -0.406 e. The molecule has 0 aliphatic rings. The van der Waals surface area contributed by atoms with Gasteiger partial charge in [-0.3, -0.25) is 0 Å². The number of rotatable bonds is 6. The number of benzene rings is 1. The molecule has 2 N–H and O–H groups in total. The maximum atomic E-state index is 12.0. The van der Waals surface area contributed by atoms with E-state index in [9.17, 15) is 21.6 Å². The van der Waals surface area contributed by atoms with Crippen molar-refractivity contribution in [3.05, 3.63) is 24.3 Å². The number of aliphatic hydroxyl groups excluding tert-OH is 1. The summed E-state index contributed by atoms with van der Waals surface area (Å²) >= 11 is 0. The lowest BCUT2D eigenvalue weighted by Crippen LogP contribution is -2.41. The van der Waals surface area contributed by atoms with Crippen LogP contribution in [0.3, 0.4) is 0 Å². The number of alkyl halides is 3. The number of aliphatic hydroxyl groups is 1. The molecule has 120 valence electrons. The van der Waals surface area contributed by atoms with Crippen LogP contribution in [0.1, 0.15) is 13.8 Å². The largest absolute Gasteiger partial charge is 0.573 e. The average Bonchev–Trinajstić information content (AvgIpc) is 2.34. The number of ether oxygens (including phenoxy) is 1. The fourth-order valence-electron chi connectivity index (χ4n) is 1.47. The molecule has 0 fully saturated rings. The van der Waals surface area contributed by atoms with Gasteiger partial charge < -0.3 is 9.84 Å². The van der Waals surface area contributed by atoms with Gasteiger partial charge in [0.25, 0.3) is 0 Å². The van der Waals surface area contributed by atoms with Crippen LogP contribution in [-0.2, 0) is 10.0 Å². The van der Waals surface area contributed by atoms with Gasteiger partial charge in [-0.05, 0) is 30.2 Å². The minimum atomic E-state index is -4.84. The van der Waals surface area contributed by atoms with E-state index in [4.69, 9.17) is 5.11 Å². The molecule has 0 saturated heterocycles. The summed E-state index contributed by atoms with van der Waals surface area (Å²) in [7, 11) is -3.92. The molecule has 0 aliphatic heterocycles. The van der Waals surface area contributed by atoms with Crippen molar-refractivity contribution in [2.75, 3.05) is 6.61 Å². The molecule has 0 unspecified atom stereocenters. The van der Waals surface area contributed by atoms with Crippen LogP contribution in [-0.4, -0.2) is 32.5 Å². The number of hydrogen-bond donors (Lipinski definition) is 2. The number of sulfonamides is 1. The molecule has 0 amide bonds. The maximum absolute atomic E-state index is 12.0. The third kappa shape index (κ3) is 5.52. The van der Waals surface area contributed by atoms with Crippen molar-refractivity contribution in [2.45, 2.75) is 31.1 Å². The van der Waals surface area contributed by atoms with Crippen LogP contribution in [0, 0.1) is 5.92 Å². The number of hydrogen-bond acceptors (Lipinski definition) is 4. The zero-order valence-corrected chi connectivity index (χ0v) is 12.2. The summed E-state index contributed by atoms with van der Waals surface area (Å²) in [5, 5.41) is 9.11. The van der Waals surface area contributed by atoms with Gasteiger partial charge in [-0.2, -0.15) is 0 Å². The Bertz CT molecular complexity index is 555. The van der Waals surface area contributed by atoms with Crippen molar-refractivity contribution >= 4 is 10.0 Å². The Morgan fingerprint density at radius 2 is 1.76 bits per heavy atom. The van der Waals surface area contributed by atoms with Gasteiger partial charge in [-0.1, -0.05) is 13.8 Å². The summed E-state index contributed by atoms with van der Waals surface area (Å²) in [5.74, 6) is -0.651. The monoisotopic (exact) mass is 327 g/mol. The molecular weight excluding hydrogens is 311 g/mol. The molecular formula is C12H16F3NO4S. The second-order valence-electron chi connectivity index (χ2n) is 4.67.